The zero-order valence-corrected chi connectivity index (χ0v) is 15.5. The van der Waals surface area contributed by atoms with Crippen molar-refractivity contribution in [2.45, 2.75) is 39.2 Å². The van der Waals surface area contributed by atoms with Crippen LogP contribution in [0.5, 0.6) is 0 Å². The first-order chi connectivity index (χ1) is 9.78. The van der Waals surface area contributed by atoms with Crippen molar-refractivity contribution in [1.29, 1.82) is 0 Å². The third-order valence-corrected chi connectivity index (χ3v) is 4.16. The number of hydrogen-bond donors (Lipinski definition) is 2. The van der Waals surface area contributed by atoms with Gasteiger partial charge in [-0.1, -0.05) is 19.8 Å². The summed E-state index contributed by atoms with van der Waals surface area (Å²) in [6.07, 6.45) is 9.67. The lowest BCUT2D eigenvalue weighted by Gasteiger charge is -2.27. The second-order valence-corrected chi connectivity index (χ2v) is 5.94. The summed E-state index contributed by atoms with van der Waals surface area (Å²) < 4.78 is 2.17. The smallest absolute Gasteiger partial charge is 0.191 e. The van der Waals surface area contributed by atoms with Crippen molar-refractivity contribution in [3.05, 3.63) is 24.5 Å². The summed E-state index contributed by atoms with van der Waals surface area (Å²) in [6, 6.07) is 4.11. The quantitative estimate of drug-likeness (QED) is 0.450. The van der Waals surface area contributed by atoms with Crippen LogP contribution in [0.15, 0.2) is 29.5 Å². The highest BCUT2D eigenvalue weighted by molar-refractivity contribution is 14.0. The number of nitrogens with zero attached hydrogens (tertiary/aromatic N) is 2. The molecule has 21 heavy (non-hydrogen) atoms. The van der Waals surface area contributed by atoms with E-state index in [9.17, 15) is 0 Å². The summed E-state index contributed by atoms with van der Waals surface area (Å²) in [6.45, 7) is 5.29. The molecule has 1 saturated carbocycles. The molecular formula is C16H29IN4. The molecule has 1 fully saturated rings. The Morgan fingerprint density at radius 2 is 2.00 bits per heavy atom. The van der Waals surface area contributed by atoms with Crippen LogP contribution in [0.3, 0.4) is 0 Å². The molecule has 2 N–H and O–H groups in total. The van der Waals surface area contributed by atoms with Gasteiger partial charge in [-0.3, -0.25) is 4.99 Å². The molecule has 1 heterocycles. The van der Waals surface area contributed by atoms with Crippen LogP contribution in [0.2, 0.25) is 0 Å². The van der Waals surface area contributed by atoms with Crippen LogP contribution < -0.4 is 10.6 Å². The first kappa shape index (κ1) is 18.3. The van der Waals surface area contributed by atoms with Crippen molar-refractivity contribution in [2.24, 2.45) is 16.8 Å². The maximum absolute atomic E-state index is 4.30. The van der Waals surface area contributed by atoms with Gasteiger partial charge in [0.1, 0.15) is 0 Å². The van der Waals surface area contributed by atoms with Gasteiger partial charge in [-0.15, -0.1) is 24.0 Å². The minimum Gasteiger partial charge on any atom is -0.356 e. The Bertz CT molecular complexity index is 402. The number of rotatable bonds is 5. The highest BCUT2D eigenvalue weighted by atomic mass is 127. The summed E-state index contributed by atoms with van der Waals surface area (Å²) in [5.74, 6) is 2.62. The molecule has 1 aliphatic carbocycles. The van der Waals surface area contributed by atoms with E-state index in [-0.39, 0.29) is 24.0 Å². The fourth-order valence-corrected chi connectivity index (χ4v) is 3.03. The Balaban J connectivity index is 0.00000220. The molecular weight excluding hydrogens is 375 g/mol. The lowest BCUT2D eigenvalue weighted by atomic mass is 9.82. The number of hydrogen-bond acceptors (Lipinski definition) is 1. The maximum atomic E-state index is 4.30. The molecule has 0 spiro atoms. The molecule has 0 saturated heterocycles. The maximum Gasteiger partial charge on any atom is 0.191 e. The molecule has 5 heteroatoms. The molecule has 120 valence electrons. The van der Waals surface area contributed by atoms with Crippen LogP contribution in [-0.4, -0.2) is 30.7 Å². The lowest BCUT2D eigenvalue weighted by molar-refractivity contribution is 0.282. The van der Waals surface area contributed by atoms with Gasteiger partial charge >= 0.3 is 0 Å². The molecule has 1 aliphatic rings. The molecule has 2 rings (SSSR count). The van der Waals surface area contributed by atoms with E-state index >= 15 is 0 Å². The Morgan fingerprint density at radius 1 is 1.24 bits per heavy atom. The average Bonchev–Trinajstić information content (AvgIpc) is 2.96. The van der Waals surface area contributed by atoms with Gasteiger partial charge in [0.2, 0.25) is 0 Å². The number of guanidine groups is 1. The number of halogens is 1. The second-order valence-electron chi connectivity index (χ2n) is 5.94. The summed E-state index contributed by atoms with van der Waals surface area (Å²) in [5.41, 5.74) is 0. The molecule has 1 aromatic rings. The minimum absolute atomic E-state index is 0. The summed E-state index contributed by atoms with van der Waals surface area (Å²) in [5, 5.41) is 6.85. The standard InChI is InChI=1S/C16H28N4.HI/c1-14-6-5-7-15(12-14)13-19-16(17-2)18-8-11-20-9-3-4-10-20;/h3-4,9-10,14-15H,5-8,11-13H2,1-2H3,(H2,17,18,19);1H. The Hall–Kier alpha value is -0.720. The van der Waals surface area contributed by atoms with Crippen molar-refractivity contribution in [2.75, 3.05) is 20.1 Å². The van der Waals surface area contributed by atoms with E-state index in [1.54, 1.807) is 0 Å². The van der Waals surface area contributed by atoms with Crippen LogP contribution in [0.1, 0.15) is 32.6 Å². The third kappa shape index (κ3) is 6.72. The van der Waals surface area contributed by atoms with Crippen LogP contribution in [0.4, 0.5) is 0 Å². The van der Waals surface area contributed by atoms with Crippen molar-refractivity contribution < 1.29 is 0 Å². The highest BCUT2D eigenvalue weighted by Gasteiger charge is 2.18. The van der Waals surface area contributed by atoms with E-state index in [0.717, 1.165) is 37.4 Å². The normalized spacial score (nSPS) is 22.5. The van der Waals surface area contributed by atoms with Crippen molar-refractivity contribution in [3.8, 4) is 0 Å². The zero-order chi connectivity index (χ0) is 14.2. The summed E-state index contributed by atoms with van der Waals surface area (Å²) in [7, 11) is 1.84. The predicted molar refractivity (Wildman–Crippen MR) is 100 cm³/mol. The van der Waals surface area contributed by atoms with Crippen molar-refractivity contribution in [1.82, 2.24) is 15.2 Å². The molecule has 0 aliphatic heterocycles. The molecule has 0 amide bonds. The van der Waals surface area contributed by atoms with E-state index in [2.05, 4.69) is 51.6 Å². The van der Waals surface area contributed by atoms with Gasteiger partial charge < -0.3 is 15.2 Å². The fraction of sp³-hybridized carbons (Fsp3) is 0.688. The van der Waals surface area contributed by atoms with E-state index in [4.69, 9.17) is 0 Å². The van der Waals surface area contributed by atoms with Gasteiger partial charge in [0.15, 0.2) is 5.96 Å². The average molecular weight is 404 g/mol. The molecule has 0 radical (unpaired) electrons. The van der Waals surface area contributed by atoms with Crippen molar-refractivity contribution in [3.63, 3.8) is 0 Å². The van der Waals surface area contributed by atoms with Crippen molar-refractivity contribution >= 4 is 29.9 Å². The van der Waals surface area contributed by atoms with Gasteiger partial charge in [0.25, 0.3) is 0 Å². The summed E-state index contributed by atoms with van der Waals surface area (Å²) >= 11 is 0. The van der Waals surface area contributed by atoms with E-state index in [1.165, 1.54) is 25.7 Å². The number of aliphatic imine (C=N–C) groups is 1. The molecule has 1 aromatic heterocycles. The van der Waals surface area contributed by atoms with Gasteiger partial charge in [-0.05, 0) is 36.8 Å². The van der Waals surface area contributed by atoms with Crippen LogP contribution in [0.25, 0.3) is 0 Å². The Labute approximate surface area is 145 Å². The fourth-order valence-electron chi connectivity index (χ4n) is 3.03. The third-order valence-electron chi connectivity index (χ3n) is 4.16. The van der Waals surface area contributed by atoms with E-state index < -0.39 is 0 Å². The lowest BCUT2D eigenvalue weighted by Crippen LogP contribution is -2.41. The van der Waals surface area contributed by atoms with Crippen LogP contribution in [0, 0.1) is 11.8 Å². The molecule has 0 bridgehead atoms. The second kappa shape index (κ2) is 10.1. The molecule has 2 unspecified atom stereocenters. The summed E-state index contributed by atoms with van der Waals surface area (Å²) in [4.78, 5) is 4.30. The SMILES string of the molecule is CN=C(NCCn1cccc1)NCC1CCCC(C)C1.I. The first-order valence-corrected chi connectivity index (χ1v) is 7.83. The minimum atomic E-state index is 0. The van der Waals surface area contributed by atoms with Crippen LogP contribution in [-0.2, 0) is 6.54 Å². The van der Waals surface area contributed by atoms with E-state index in [1.807, 2.05) is 7.05 Å². The van der Waals surface area contributed by atoms with Gasteiger partial charge in [0, 0.05) is 39.1 Å². The number of aromatic nitrogens is 1. The monoisotopic (exact) mass is 404 g/mol. The van der Waals surface area contributed by atoms with Gasteiger partial charge in [-0.25, -0.2) is 0 Å². The topological polar surface area (TPSA) is 41.4 Å². The highest BCUT2D eigenvalue weighted by Crippen LogP contribution is 2.27. The van der Waals surface area contributed by atoms with Crippen LogP contribution >= 0.6 is 24.0 Å². The largest absolute Gasteiger partial charge is 0.356 e. The first-order valence-electron chi connectivity index (χ1n) is 7.83. The molecule has 2 atom stereocenters. The number of nitrogens with one attached hydrogen (secondary N) is 2. The Kier molecular flexibility index (Phi) is 8.80. The molecule has 4 nitrogen and oxygen atoms in total. The van der Waals surface area contributed by atoms with Gasteiger partial charge in [0.05, 0.1) is 0 Å². The van der Waals surface area contributed by atoms with Gasteiger partial charge in [-0.2, -0.15) is 0 Å². The predicted octanol–water partition coefficient (Wildman–Crippen LogP) is 3.10. The molecule has 0 aromatic carbocycles. The van der Waals surface area contributed by atoms with E-state index in [0.29, 0.717) is 0 Å². The zero-order valence-electron chi connectivity index (χ0n) is 13.2. The Morgan fingerprint density at radius 3 is 2.67 bits per heavy atom.